The summed E-state index contributed by atoms with van der Waals surface area (Å²) in [5, 5.41) is 10.4. The number of fused-ring (bicyclic) bond motifs is 1. The van der Waals surface area contributed by atoms with E-state index in [0.717, 1.165) is 31.2 Å². The van der Waals surface area contributed by atoms with Gasteiger partial charge in [0.05, 0.1) is 0 Å². The monoisotopic (exact) mass is 245 g/mol. The van der Waals surface area contributed by atoms with Crippen molar-refractivity contribution in [1.29, 1.82) is 0 Å². The van der Waals surface area contributed by atoms with Gasteiger partial charge in [-0.1, -0.05) is 12.8 Å². The molecule has 1 aromatic rings. The number of aryl methyl sites for hydroxylation is 1. The van der Waals surface area contributed by atoms with Crippen LogP contribution in [0.2, 0.25) is 0 Å². The Bertz CT molecular complexity index is 472. The highest BCUT2D eigenvalue weighted by molar-refractivity contribution is 5.52. The minimum Gasteiger partial charge on any atom is -0.508 e. The number of phenolic OH excluding ortho intramolecular Hbond substituents is 1. The third kappa shape index (κ3) is 1.74. The van der Waals surface area contributed by atoms with Crippen LogP contribution in [0.1, 0.15) is 60.8 Å². The van der Waals surface area contributed by atoms with E-state index in [1.807, 2.05) is 6.07 Å². The highest BCUT2D eigenvalue weighted by atomic mass is 16.3. The largest absolute Gasteiger partial charge is 0.508 e. The van der Waals surface area contributed by atoms with Crippen molar-refractivity contribution in [2.75, 3.05) is 0 Å². The van der Waals surface area contributed by atoms with E-state index in [-0.39, 0.29) is 5.54 Å². The van der Waals surface area contributed by atoms with Crippen LogP contribution in [0.15, 0.2) is 6.07 Å². The summed E-state index contributed by atoms with van der Waals surface area (Å²) in [4.78, 5) is 0. The minimum absolute atomic E-state index is 0.277. The number of rotatable bonds is 1. The molecule has 0 unspecified atom stereocenters. The van der Waals surface area contributed by atoms with Crippen molar-refractivity contribution in [3.63, 3.8) is 0 Å². The molecule has 0 aliphatic heterocycles. The maximum absolute atomic E-state index is 10.4. The lowest BCUT2D eigenvalue weighted by molar-refractivity contribution is 0.405. The fourth-order valence-corrected chi connectivity index (χ4v) is 3.98. The first-order chi connectivity index (χ1) is 8.62. The van der Waals surface area contributed by atoms with Gasteiger partial charge in [0.2, 0.25) is 0 Å². The molecule has 2 aliphatic carbocycles. The topological polar surface area (TPSA) is 46.2 Å². The average Bonchev–Trinajstić information content (AvgIpc) is 2.77. The molecule has 1 aromatic carbocycles. The van der Waals surface area contributed by atoms with Crippen molar-refractivity contribution in [2.24, 2.45) is 5.73 Å². The van der Waals surface area contributed by atoms with Crippen molar-refractivity contribution in [3.05, 3.63) is 28.3 Å². The third-order valence-electron chi connectivity index (χ3n) is 4.90. The lowest BCUT2D eigenvalue weighted by Crippen LogP contribution is -2.34. The number of hydrogen-bond acceptors (Lipinski definition) is 2. The molecule has 0 heterocycles. The predicted molar refractivity (Wildman–Crippen MR) is 73.8 cm³/mol. The summed E-state index contributed by atoms with van der Waals surface area (Å²) in [7, 11) is 0. The Morgan fingerprint density at radius 1 is 1.11 bits per heavy atom. The summed E-state index contributed by atoms with van der Waals surface area (Å²) in [6, 6.07) is 1.99. The first-order valence-corrected chi connectivity index (χ1v) is 7.25. The van der Waals surface area contributed by atoms with E-state index in [4.69, 9.17) is 5.73 Å². The number of aromatic hydroxyl groups is 1. The minimum atomic E-state index is -0.277. The molecule has 0 saturated heterocycles. The first-order valence-electron chi connectivity index (χ1n) is 7.25. The second-order valence-electron chi connectivity index (χ2n) is 6.10. The van der Waals surface area contributed by atoms with Crippen LogP contribution in [0.25, 0.3) is 0 Å². The maximum Gasteiger partial charge on any atom is 0.121 e. The molecule has 2 nitrogen and oxygen atoms in total. The van der Waals surface area contributed by atoms with Gasteiger partial charge in [0.15, 0.2) is 0 Å². The van der Waals surface area contributed by atoms with E-state index in [9.17, 15) is 5.11 Å². The van der Waals surface area contributed by atoms with E-state index in [0.29, 0.717) is 5.75 Å². The molecule has 3 N–H and O–H groups in total. The Kier molecular flexibility index (Phi) is 2.86. The normalized spacial score (nSPS) is 21.9. The van der Waals surface area contributed by atoms with E-state index in [2.05, 4.69) is 6.92 Å². The van der Waals surface area contributed by atoms with Gasteiger partial charge in [-0.15, -0.1) is 0 Å². The number of phenols is 1. The lowest BCUT2D eigenvalue weighted by Gasteiger charge is -2.30. The van der Waals surface area contributed by atoms with Gasteiger partial charge in [0, 0.05) is 11.1 Å². The molecule has 0 spiro atoms. The third-order valence-corrected chi connectivity index (χ3v) is 4.90. The van der Waals surface area contributed by atoms with Gasteiger partial charge in [-0.2, -0.15) is 0 Å². The van der Waals surface area contributed by atoms with Gasteiger partial charge in [-0.25, -0.2) is 0 Å². The SMILES string of the molecule is Cc1c2c(cc(O)c1C1(N)CCCC1)CCCC2. The zero-order valence-corrected chi connectivity index (χ0v) is 11.3. The van der Waals surface area contributed by atoms with Crippen molar-refractivity contribution in [1.82, 2.24) is 0 Å². The van der Waals surface area contributed by atoms with E-state index in [1.54, 1.807) is 0 Å². The Balaban J connectivity index is 2.14. The molecule has 0 atom stereocenters. The summed E-state index contributed by atoms with van der Waals surface area (Å²) in [6.45, 7) is 2.16. The number of hydrogen-bond donors (Lipinski definition) is 2. The highest BCUT2D eigenvalue weighted by Crippen LogP contribution is 2.44. The number of benzene rings is 1. The standard InChI is InChI=1S/C16H23NO/c1-11-13-7-3-2-6-12(13)10-14(18)15(11)16(17)8-4-5-9-16/h10,18H,2-9,17H2,1H3. The lowest BCUT2D eigenvalue weighted by atomic mass is 9.79. The molecular formula is C16H23NO. The second-order valence-corrected chi connectivity index (χ2v) is 6.10. The summed E-state index contributed by atoms with van der Waals surface area (Å²) in [5.74, 6) is 0.442. The van der Waals surface area contributed by atoms with Crippen LogP contribution in [0.3, 0.4) is 0 Å². The Labute approximate surface area is 109 Å². The van der Waals surface area contributed by atoms with Crippen molar-refractivity contribution < 1.29 is 5.11 Å². The second kappa shape index (κ2) is 4.27. The Hall–Kier alpha value is -1.02. The van der Waals surface area contributed by atoms with Gasteiger partial charge in [-0.3, -0.25) is 0 Å². The molecule has 1 saturated carbocycles. The molecule has 0 aromatic heterocycles. The molecule has 2 aliphatic rings. The molecule has 3 rings (SSSR count). The quantitative estimate of drug-likeness (QED) is 0.797. The molecule has 98 valence electrons. The van der Waals surface area contributed by atoms with Gasteiger partial charge >= 0.3 is 0 Å². The van der Waals surface area contributed by atoms with Crippen LogP contribution < -0.4 is 5.73 Å². The zero-order valence-electron chi connectivity index (χ0n) is 11.3. The molecule has 0 amide bonds. The van der Waals surface area contributed by atoms with Crippen molar-refractivity contribution in [2.45, 2.75) is 63.8 Å². The Morgan fingerprint density at radius 2 is 1.78 bits per heavy atom. The average molecular weight is 245 g/mol. The molecule has 0 bridgehead atoms. The van der Waals surface area contributed by atoms with E-state index >= 15 is 0 Å². The summed E-state index contributed by atoms with van der Waals surface area (Å²) in [5.41, 5.74) is 11.4. The van der Waals surface area contributed by atoms with Crippen molar-refractivity contribution >= 4 is 0 Å². The van der Waals surface area contributed by atoms with Crippen LogP contribution >= 0.6 is 0 Å². The van der Waals surface area contributed by atoms with E-state index in [1.165, 1.54) is 42.4 Å². The number of nitrogens with two attached hydrogens (primary N) is 1. The first kappa shape index (κ1) is 12.0. The Morgan fingerprint density at radius 3 is 2.50 bits per heavy atom. The van der Waals surface area contributed by atoms with Gasteiger partial charge in [0.1, 0.15) is 5.75 Å². The molecule has 2 heteroatoms. The summed E-state index contributed by atoms with van der Waals surface area (Å²) in [6.07, 6.45) is 9.19. The zero-order chi connectivity index (χ0) is 12.8. The van der Waals surface area contributed by atoms with Gasteiger partial charge in [0.25, 0.3) is 0 Å². The fourth-order valence-electron chi connectivity index (χ4n) is 3.98. The summed E-state index contributed by atoms with van der Waals surface area (Å²) >= 11 is 0. The molecule has 1 fully saturated rings. The highest BCUT2D eigenvalue weighted by Gasteiger charge is 2.36. The molecular weight excluding hydrogens is 222 g/mol. The maximum atomic E-state index is 10.4. The summed E-state index contributed by atoms with van der Waals surface area (Å²) < 4.78 is 0. The predicted octanol–water partition coefficient (Wildman–Crippen LogP) is 3.31. The van der Waals surface area contributed by atoms with Crippen LogP contribution in [0.4, 0.5) is 0 Å². The van der Waals surface area contributed by atoms with Crippen LogP contribution in [0.5, 0.6) is 5.75 Å². The van der Waals surface area contributed by atoms with Gasteiger partial charge < -0.3 is 10.8 Å². The van der Waals surface area contributed by atoms with Crippen molar-refractivity contribution in [3.8, 4) is 5.75 Å². The molecule has 0 radical (unpaired) electrons. The van der Waals surface area contributed by atoms with E-state index < -0.39 is 0 Å². The fraction of sp³-hybridized carbons (Fsp3) is 0.625. The van der Waals surface area contributed by atoms with Crippen LogP contribution in [0, 0.1) is 6.92 Å². The smallest absolute Gasteiger partial charge is 0.121 e. The van der Waals surface area contributed by atoms with Crippen LogP contribution in [-0.4, -0.2) is 5.11 Å². The molecule has 18 heavy (non-hydrogen) atoms. The van der Waals surface area contributed by atoms with Crippen LogP contribution in [-0.2, 0) is 18.4 Å². The van der Waals surface area contributed by atoms with Gasteiger partial charge in [-0.05, 0) is 68.2 Å².